The van der Waals surface area contributed by atoms with Gasteiger partial charge < -0.3 is 38.2 Å². The highest BCUT2D eigenvalue weighted by molar-refractivity contribution is 6.00. The summed E-state index contributed by atoms with van der Waals surface area (Å²) >= 11 is 0. The zero-order chi connectivity index (χ0) is 39.0. The van der Waals surface area contributed by atoms with Crippen LogP contribution in [0, 0.1) is 11.8 Å². The number of rotatable bonds is 15. The van der Waals surface area contributed by atoms with Gasteiger partial charge in [0.2, 0.25) is 11.8 Å². The second kappa shape index (κ2) is 21.9. The predicted molar refractivity (Wildman–Crippen MR) is 185 cm³/mol. The number of amides is 2. The Balaban J connectivity index is 0.00000100. The highest BCUT2D eigenvalue weighted by Gasteiger charge is 2.45. The average molecular weight is 763 g/mol. The van der Waals surface area contributed by atoms with Crippen LogP contribution in [0.15, 0.2) is 60.7 Å². The van der Waals surface area contributed by atoms with Crippen LogP contribution in [0.3, 0.4) is 0 Å². The molecule has 2 unspecified atom stereocenters. The van der Waals surface area contributed by atoms with Crippen LogP contribution in [0.25, 0.3) is 0 Å². The number of carbonyl (C=O) groups is 4. The largest absolute Gasteiger partial charge is 0.497 e. The quantitative estimate of drug-likeness (QED) is 0.0893. The SMILES string of the molecule is C.CCOC(=O)C1C(=O)N(Cc2ccc(OC)cc2OC)CC1C=C(F)F.COC(=O)CC(=O)N(C/C=C/C(F)(F)F)Cc1ccc(OC)cc1OC.[HH]. The third-order valence-electron chi connectivity index (χ3n) is 7.54. The summed E-state index contributed by atoms with van der Waals surface area (Å²) in [4.78, 5) is 50.7. The molecule has 0 radical (unpaired) electrons. The molecule has 1 aliphatic heterocycles. The number of benzene rings is 2. The number of ether oxygens (including phenoxy) is 6. The maximum absolute atomic E-state index is 12.7. The standard InChI is InChI=1S/C18H21F2NO5.C17H20F3NO5.CH4.H2/c1-4-26-18(23)16-12(7-15(19)20)10-21(17(16)22)9-11-5-6-13(24-2)8-14(11)25-3;1-24-13-6-5-12(14(9-13)25-2)11-21(8-4-7-17(18,19)20)15(22)10-16(23)26-3;;/h5-8,12,16H,4,9-10H2,1-3H3;4-7,9H,8,10-11H2,1-3H3;1H4;1H/b;7-4+;;. The molecule has 0 N–H and O–H groups in total. The van der Waals surface area contributed by atoms with Gasteiger partial charge in [0.15, 0.2) is 0 Å². The molecule has 2 amide bonds. The monoisotopic (exact) mass is 762 g/mol. The Morgan fingerprint density at radius 3 is 1.98 bits per heavy atom. The first-order valence-corrected chi connectivity index (χ1v) is 15.6. The van der Waals surface area contributed by atoms with E-state index in [1.807, 2.05) is 0 Å². The topological polar surface area (TPSA) is 130 Å². The van der Waals surface area contributed by atoms with Crippen molar-refractivity contribution in [3.63, 3.8) is 0 Å². The maximum atomic E-state index is 12.7. The number of esters is 2. The normalized spacial score (nSPS) is 15.0. The van der Waals surface area contributed by atoms with E-state index in [4.69, 9.17) is 23.7 Å². The highest BCUT2D eigenvalue weighted by atomic mass is 19.4. The van der Waals surface area contributed by atoms with Gasteiger partial charge in [-0.15, -0.1) is 0 Å². The lowest BCUT2D eigenvalue weighted by atomic mass is 9.96. The van der Waals surface area contributed by atoms with E-state index in [0.717, 1.165) is 18.1 Å². The number of halogens is 5. The fourth-order valence-electron chi connectivity index (χ4n) is 5.04. The van der Waals surface area contributed by atoms with Gasteiger partial charge >= 0.3 is 18.1 Å². The molecular formula is C36H47F5N2O10. The van der Waals surface area contributed by atoms with Crippen LogP contribution in [0.1, 0.15) is 33.3 Å². The first kappa shape index (κ1) is 45.7. The molecule has 296 valence electrons. The Morgan fingerprint density at radius 1 is 0.925 bits per heavy atom. The van der Waals surface area contributed by atoms with Crippen LogP contribution in [-0.2, 0) is 41.7 Å². The summed E-state index contributed by atoms with van der Waals surface area (Å²) < 4.78 is 92.4. The van der Waals surface area contributed by atoms with Crippen molar-refractivity contribution in [3.8, 4) is 23.0 Å². The van der Waals surface area contributed by atoms with Crippen molar-refractivity contribution in [2.75, 3.05) is 55.2 Å². The van der Waals surface area contributed by atoms with Crippen LogP contribution < -0.4 is 18.9 Å². The lowest BCUT2D eigenvalue weighted by molar-refractivity contribution is -0.153. The molecule has 1 heterocycles. The zero-order valence-corrected chi connectivity index (χ0v) is 29.5. The molecule has 0 aromatic heterocycles. The van der Waals surface area contributed by atoms with Crippen molar-refractivity contribution in [1.82, 2.24) is 9.80 Å². The van der Waals surface area contributed by atoms with Gasteiger partial charge in [0.05, 0.1) is 42.2 Å². The van der Waals surface area contributed by atoms with Gasteiger partial charge in [-0.1, -0.05) is 13.5 Å². The molecule has 1 fully saturated rings. The van der Waals surface area contributed by atoms with Gasteiger partial charge in [0, 0.05) is 62.9 Å². The fourth-order valence-corrected chi connectivity index (χ4v) is 5.04. The number of hydrogen-bond acceptors (Lipinski definition) is 10. The minimum Gasteiger partial charge on any atom is -0.497 e. The molecule has 1 aliphatic rings. The predicted octanol–water partition coefficient (Wildman–Crippen LogP) is 6.22. The average Bonchev–Trinajstić information content (AvgIpc) is 3.40. The van der Waals surface area contributed by atoms with Crippen LogP contribution in [-0.4, -0.2) is 95.0 Å². The summed E-state index contributed by atoms with van der Waals surface area (Å²) in [5.41, 5.74) is 1.22. The van der Waals surface area contributed by atoms with Crippen LogP contribution >= 0.6 is 0 Å². The maximum Gasteiger partial charge on any atom is 0.409 e. The molecule has 2 atom stereocenters. The van der Waals surface area contributed by atoms with Crippen LogP contribution in [0.4, 0.5) is 22.0 Å². The van der Waals surface area contributed by atoms with Crippen molar-refractivity contribution in [1.29, 1.82) is 0 Å². The van der Waals surface area contributed by atoms with E-state index in [2.05, 4.69) is 4.74 Å². The number of likely N-dealkylation sites (tertiary alicyclic amines) is 1. The van der Waals surface area contributed by atoms with Gasteiger partial charge in [0.25, 0.3) is 6.08 Å². The third kappa shape index (κ3) is 14.3. The molecule has 0 bridgehead atoms. The number of hydrogen-bond donors (Lipinski definition) is 0. The van der Waals surface area contributed by atoms with E-state index in [1.165, 1.54) is 33.3 Å². The lowest BCUT2D eigenvalue weighted by Gasteiger charge is -2.22. The summed E-state index contributed by atoms with van der Waals surface area (Å²) in [6, 6.07) is 9.94. The zero-order valence-electron chi connectivity index (χ0n) is 29.5. The van der Waals surface area contributed by atoms with Gasteiger partial charge in [-0.25, -0.2) is 0 Å². The molecule has 12 nitrogen and oxygen atoms in total. The molecule has 1 saturated heterocycles. The van der Waals surface area contributed by atoms with Gasteiger partial charge in [-0.2, -0.15) is 22.0 Å². The van der Waals surface area contributed by atoms with Crippen molar-refractivity contribution in [3.05, 3.63) is 71.8 Å². The Labute approximate surface area is 306 Å². The highest BCUT2D eigenvalue weighted by Crippen LogP contribution is 2.33. The summed E-state index contributed by atoms with van der Waals surface area (Å²) in [7, 11) is 7.02. The van der Waals surface area contributed by atoms with Crippen LogP contribution in [0.5, 0.6) is 23.0 Å². The minimum absolute atomic E-state index is 0. The van der Waals surface area contributed by atoms with E-state index < -0.39 is 54.3 Å². The summed E-state index contributed by atoms with van der Waals surface area (Å²) in [6.07, 6.45) is -5.50. The smallest absolute Gasteiger partial charge is 0.409 e. The number of methoxy groups -OCH3 is 5. The molecule has 3 rings (SSSR count). The molecule has 17 heteroatoms. The van der Waals surface area contributed by atoms with E-state index in [0.29, 0.717) is 40.2 Å². The molecule has 53 heavy (non-hydrogen) atoms. The van der Waals surface area contributed by atoms with E-state index in [1.54, 1.807) is 43.3 Å². The lowest BCUT2D eigenvalue weighted by Crippen LogP contribution is -2.32. The van der Waals surface area contributed by atoms with Gasteiger partial charge in [-0.3, -0.25) is 19.2 Å². The van der Waals surface area contributed by atoms with Crippen molar-refractivity contribution in [2.45, 2.75) is 40.0 Å². The summed E-state index contributed by atoms with van der Waals surface area (Å²) in [5, 5.41) is 0. The molecular weight excluding hydrogens is 715 g/mol. The van der Waals surface area contributed by atoms with E-state index in [-0.39, 0.29) is 47.7 Å². The summed E-state index contributed by atoms with van der Waals surface area (Å²) in [6.45, 7) is 1.41. The van der Waals surface area contributed by atoms with E-state index in [9.17, 15) is 41.1 Å². The second-order valence-electron chi connectivity index (χ2n) is 10.9. The molecule has 0 aliphatic carbocycles. The Hall–Kier alpha value is -5.35. The Bertz CT molecular complexity index is 1600. The van der Waals surface area contributed by atoms with Crippen LogP contribution in [0.2, 0.25) is 0 Å². The van der Waals surface area contributed by atoms with E-state index >= 15 is 0 Å². The summed E-state index contributed by atoms with van der Waals surface area (Å²) in [5.74, 6) is -2.95. The van der Waals surface area contributed by atoms with Gasteiger partial charge in [-0.05, 0) is 37.3 Å². The first-order chi connectivity index (χ1) is 24.6. The first-order valence-electron chi connectivity index (χ1n) is 15.6. The Morgan fingerprint density at radius 2 is 1.49 bits per heavy atom. The molecule has 2 aromatic rings. The van der Waals surface area contributed by atoms with Crippen molar-refractivity contribution < 1.29 is 71.0 Å². The number of nitrogens with zero attached hydrogens (tertiary/aromatic N) is 2. The minimum atomic E-state index is -4.49. The third-order valence-corrected chi connectivity index (χ3v) is 7.54. The molecule has 0 spiro atoms. The molecule has 2 aromatic carbocycles. The van der Waals surface area contributed by atoms with Crippen molar-refractivity contribution >= 4 is 23.8 Å². The van der Waals surface area contributed by atoms with Gasteiger partial charge in [0.1, 0.15) is 35.3 Å². The fraction of sp³-hybridized carbons (Fsp3) is 0.444. The van der Waals surface area contributed by atoms with Crippen molar-refractivity contribution in [2.24, 2.45) is 11.8 Å². The number of allylic oxidation sites excluding steroid dienone is 1. The second-order valence-corrected chi connectivity index (χ2v) is 10.9. The molecule has 0 saturated carbocycles. The Kier molecular flexibility index (Phi) is 18.9. The number of alkyl halides is 3. The number of carbonyl (C=O) groups excluding carboxylic acids is 4.